The van der Waals surface area contributed by atoms with Crippen molar-refractivity contribution >= 4 is 11.6 Å². The van der Waals surface area contributed by atoms with E-state index in [1.807, 2.05) is 109 Å². The summed E-state index contributed by atoms with van der Waals surface area (Å²) >= 11 is 6.54. The van der Waals surface area contributed by atoms with Crippen LogP contribution < -0.4 is 9.47 Å². The molecule has 0 bridgehead atoms. The molecule has 184 valence electrons. The molecule has 0 aliphatic carbocycles. The molecule has 0 saturated heterocycles. The maximum Gasteiger partial charge on any atom is 0.143 e. The van der Waals surface area contributed by atoms with Crippen LogP contribution in [0, 0.1) is 0 Å². The zero-order valence-electron chi connectivity index (χ0n) is 20.1. The molecule has 5 rings (SSSR count). The molecular weight excluding hydrogens is 482 g/mol. The quantitative estimate of drug-likeness (QED) is 0.215. The van der Waals surface area contributed by atoms with Crippen molar-refractivity contribution in [3.05, 3.63) is 160 Å². The van der Waals surface area contributed by atoms with Crippen molar-refractivity contribution in [2.75, 3.05) is 0 Å². The van der Waals surface area contributed by atoms with E-state index in [0.29, 0.717) is 41.4 Å². The average molecular weight is 508 g/mol. The molecule has 37 heavy (non-hydrogen) atoms. The summed E-state index contributed by atoms with van der Waals surface area (Å²) < 4.78 is 12.1. The summed E-state index contributed by atoms with van der Waals surface area (Å²) in [7, 11) is 0. The number of rotatable bonds is 9. The van der Waals surface area contributed by atoms with Crippen molar-refractivity contribution in [3.8, 4) is 11.5 Å². The number of halogens is 1. The van der Waals surface area contributed by atoms with Crippen LogP contribution in [0.25, 0.3) is 0 Å². The van der Waals surface area contributed by atoms with E-state index in [1.54, 1.807) is 18.3 Å². The van der Waals surface area contributed by atoms with Crippen LogP contribution in [-0.4, -0.2) is 10.1 Å². The van der Waals surface area contributed by atoms with Gasteiger partial charge in [-0.25, -0.2) is 4.98 Å². The second kappa shape index (κ2) is 11.3. The molecule has 0 saturated carbocycles. The Balaban J connectivity index is 1.50. The topological polar surface area (TPSA) is 51.6 Å². The van der Waals surface area contributed by atoms with Crippen LogP contribution in [0.1, 0.15) is 27.8 Å². The Morgan fingerprint density at radius 1 is 0.622 bits per heavy atom. The molecular formula is C32H26ClNO3. The van der Waals surface area contributed by atoms with Crippen molar-refractivity contribution in [3.63, 3.8) is 0 Å². The lowest BCUT2D eigenvalue weighted by molar-refractivity contribution is 0.124. The van der Waals surface area contributed by atoms with Gasteiger partial charge in [0.05, 0.1) is 0 Å². The van der Waals surface area contributed by atoms with E-state index in [2.05, 4.69) is 4.98 Å². The highest BCUT2D eigenvalue weighted by Gasteiger charge is 2.37. The summed E-state index contributed by atoms with van der Waals surface area (Å²) in [6.07, 6.45) is 1.60. The third-order valence-corrected chi connectivity index (χ3v) is 6.45. The highest BCUT2D eigenvalue weighted by atomic mass is 35.5. The number of hydrogen-bond acceptors (Lipinski definition) is 4. The highest BCUT2D eigenvalue weighted by molar-refractivity contribution is 6.30. The van der Waals surface area contributed by atoms with Crippen molar-refractivity contribution in [2.45, 2.75) is 18.8 Å². The second-order valence-electron chi connectivity index (χ2n) is 8.66. The van der Waals surface area contributed by atoms with Gasteiger partial charge < -0.3 is 14.6 Å². The van der Waals surface area contributed by atoms with E-state index in [1.165, 1.54) is 0 Å². The molecule has 4 aromatic carbocycles. The maximum absolute atomic E-state index is 12.4. The van der Waals surface area contributed by atoms with Gasteiger partial charge in [-0.2, -0.15) is 0 Å². The predicted molar refractivity (Wildman–Crippen MR) is 146 cm³/mol. The monoisotopic (exact) mass is 507 g/mol. The van der Waals surface area contributed by atoms with Gasteiger partial charge in [0, 0.05) is 11.8 Å². The van der Waals surface area contributed by atoms with Crippen LogP contribution in [0.5, 0.6) is 11.5 Å². The Hall–Kier alpha value is -4.12. The van der Waals surface area contributed by atoms with Gasteiger partial charge >= 0.3 is 0 Å². The normalized spacial score (nSPS) is 11.2. The number of ether oxygens (including phenoxy) is 2. The fourth-order valence-corrected chi connectivity index (χ4v) is 4.49. The molecule has 1 heterocycles. The number of aromatic nitrogens is 1. The Kier molecular flexibility index (Phi) is 7.50. The Bertz CT molecular complexity index is 1370. The van der Waals surface area contributed by atoms with Gasteiger partial charge in [0.1, 0.15) is 35.5 Å². The van der Waals surface area contributed by atoms with Gasteiger partial charge in [0.2, 0.25) is 0 Å². The van der Waals surface area contributed by atoms with Crippen molar-refractivity contribution in [1.82, 2.24) is 4.98 Å². The van der Waals surface area contributed by atoms with Crippen molar-refractivity contribution < 1.29 is 14.6 Å². The first-order chi connectivity index (χ1) is 18.1. The Labute approximate surface area is 221 Å². The van der Waals surface area contributed by atoms with Crippen molar-refractivity contribution in [1.29, 1.82) is 0 Å². The van der Waals surface area contributed by atoms with Crippen LogP contribution in [0.4, 0.5) is 0 Å². The fourth-order valence-electron chi connectivity index (χ4n) is 4.24. The van der Waals surface area contributed by atoms with Crippen LogP contribution in [0.2, 0.25) is 5.15 Å². The first-order valence-electron chi connectivity index (χ1n) is 12.0. The molecule has 5 heteroatoms. The first kappa shape index (κ1) is 24.6. The fraction of sp³-hybridized carbons (Fsp3) is 0.0938. The zero-order valence-corrected chi connectivity index (χ0v) is 20.9. The number of nitrogens with zero attached hydrogens (tertiary/aromatic N) is 1. The van der Waals surface area contributed by atoms with E-state index >= 15 is 0 Å². The number of benzene rings is 4. The standard InChI is InChI=1S/C32H26ClNO3/c33-31-30(18-9-19-34-31)32(35,26-14-7-16-28(20-26)36-22-24-10-3-1-4-11-24)27-15-8-17-29(21-27)37-23-25-12-5-2-6-13-25/h1-21,35H,22-23H2. The number of aliphatic hydroxyl groups is 1. The minimum Gasteiger partial charge on any atom is -0.489 e. The van der Waals surface area contributed by atoms with Crippen LogP contribution in [0.3, 0.4) is 0 Å². The van der Waals surface area contributed by atoms with E-state index in [9.17, 15) is 5.11 Å². The third-order valence-electron chi connectivity index (χ3n) is 6.15. The van der Waals surface area contributed by atoms with Gasteiger partial charge in [-0.1, -0.05) is 103 Å². The summed E-state index contributed by atoms with van der Waals surface area (Å²) in [5.41, 5.74) is 2.20. The summed E-state index contributed by atoms with van der Waals surface area (Å²) in [5.74, 6) is 1.27. The van der Waals surface area contributed by atoms with E-state index < -0.39 is 5.60 Å². The van der Waals surface area contributed by atoms with E-state index in [4.69, 9.17) is 21.1 Å². The SMILES string of the molecule is OC(c1cccc(OCc2ccccc2)c1)(c1cccc(OCc2ccccc2)c1)c1cccnc1Cl. The van der Waals surface area contributed by atoms with E-state index in [0.717, 1.165) is 11.1 Å². The average Bonchev–Trinajstić information content (AvgIpc) is 2.96. The smallest absolute Gasteiger partial charge is 0.143 e. The molecule has 4 nitrogen and oxygen atoms in total. The molecule has 0 radical (unpaired) electrons. The van der Waals surface area contributed by atoms with Crippen LogP contribution >= 0.6 is 11.6 Å². The van der Waals surface area contributed by atoms with Gasteiger partial charge in [-0.3, -0.25) is 0 Å². The maximum atomic E-state index is 12.4. The van der Waals surface area contributed by atoms with Crippen LogP contribution in [-0.2, 0) is 18.8 Å². The summed E-state index contributed by atoms with van der Waals surface area (Å²) in [4.78, 5) is 4.24. The lowest BCUT2D eigenvalue weighted by Gasteiger charge is -2.31. The van der Waals surface area contributed by atoms with Gasteiger partial charge in [-0.15, -0.1) is 0 Å². The molecule has 0 aliphatic rings. The molecule has 0 amide bonds. The van der Waals surface area contributed by atoms with Gasteiger partial charge in [-0.05, 0) is 52.6 Å². The number of hydrogen-bond donors (Lipinski definition) is 1. The first-order valence-corrected chi connectivity index (χ1v) is 12.4. The second-order valence-corrected chi connectivity index (χ2v) is 9.01. The highest BCUT2D eigenvalue weighted by Crippen LogP contribution is 2.41. The minimum atomic E-state index is -1.59. The lowest BCUT2D eigenvalue weighted by atomic mass is 9.81. The Morgan fingerprint density at radius 2 is 1.14 bits per heavy atom. The molecule has 0 unspecified atom stereocenters. The minimum absolute atomic E-state index is 0.219. The summed E-state index contributed by atoms with van der Waals surface area (Å²) in [6.45, 7) is 0.832. The molecule has 0 fully saturated rings. The van der Waals surface area contributed by atoms with Crippen molar-refractivity contribution in [2.24, 2.45) is 0 Å². The molecule has 1 aromatic heterocycles. The summed E-state index contributed by atoms with van der Waals surface area (Å²) in [5, 5.41) is 12.6. The predicted octanol–water partition coefficient (Wildman–Crippen LogP) is 7.18. The Morgan fingerprint density at radius 3 is 1.62 bits per heavy atom. The van der Waals surface area contributed by atoms with Crippen LogP contribution in [0.15, 0.2) is 128 Å². The molecule has 0 spiro atoms. The summed E-state index contributed by atoms with van der Waals surface area (Å²) in [6, 6.07) is 38.3. The zero-order chi connectivity index (χ0) is 25.5. The third kappa shape index (κ3) is 5.67. The molecule has 0 atom stereocenters. The van der Waals surface area contributed by atoms with Gasteiger partial charge in [0.25, 0.3) is 0 Å². The molecule has 1 N–H and O–H groups in total. The number of pyridine rings is 1. The largest absolute Gasteiger partial charge is 0.489 e. The van der Waals surface area contributed by atoms with Gasteiger partial charge in [0.15, 0.2) is 0 Å². The van der Waals surface area contributed by atoms with E-state index in [-0.39, 0.29) is 5.15 Å². The molecule has 5 aromatic rings. The lowest BCUT2D eigenvalue weighted by Crippen LogP contribution is -2.29. The molecule has 0 aliphatic heterocycles.